The Morgan fingerprint density at radius 3 is 2.71 bits per heavy atom. The van der Waals surface area contributed by atoms with Crippen molar-refractivity contribution in [1.82, 2.24) is 20.3 Å². The second-order valence-electron chi connectivity index (χ2n) is 7.63. The first kappa shape index (κ1) is 19.8. The molecule has 7 nitrogen and oxygen atoms in total. The Hall–Kier alpha value is -3.13. The minimum Gasteiger partial charge on any atom is -0.392 e. The molecule has 0 spiro atoms. The van der Waals surface area contributed by atoms with E-state index in [-0.39, 0.29) is 12.2 Å². The fourth-order valence-corrected chi connectivity index (χ4v) is 4.18. The fourth-order valence-electron chi connectivity index (χ4n) is 3.95. The highest BCUT2D eigenvalue weighted by atomic mass is 35.5. The number of hydrogen-bond acceptors (Lipinski definition) is 5. The number of aliphatic hydroxyl groups excluding tert-OH is 1. The van der Waals surface area contributed by atoms with Gasteiger partial charge in [-0.1, -0.05) is 17.7 Å². The van der Waals surface area contributed by atoms with Crippen LogP contribution in [0.5, 0.6) is 0 Å². The molecule has 31 heavy (non-hydrogen) atoms. The number of anilines is 1. The first-order valence-corrected chi connectivity index (χ1v) is 10.6. The van der Waals surface area contributed by atoms with E-state index in [1.807, 2.05) is 12.1 Å². The summed E-state index contributed by atoms with van der Waals surface area (Å²) in [6.45, 7) is 3.77. The van der Waals surface area contributed by atoms with Crippen molar-refractivity contribution >= 4 is 28.3 Å². The van der Waals surface area contributed by atoms with Crippen molar-refractivity contribution in [2.75, 3.05) is 31.1 Å². The van der Waals surface area contributed by atoms with Crippen molar-refractivity contribution in [2.24, 2.45) is 0 Å². The normalized spacial score (nSPS) is 14.3. The number of hydrogen-bond donors (Lipinski definition) is 4. The summed E-state index contributed by atoms with van der Waals surface area (Å²) in [6, 6.07) is 13.2. The van der Waals surface area contributed by atoms with Crippen LogP contribution in [0.25, 0.3) is 33.5 Å². The molecule has 158 valence electrons. The van der Waals surface area contributed by atoms with Gasteiger partial charge in [0.2, 0.25) is 0 Å². The number of aromatic amines is 2. The third-order valence-corrected chi connectivity index (χ3v) is 5.96. The van der Waals surface area contributed by atoms with Gasteiger partial charge in [-0.25, -0.2) is 4.98 Å². The molecular weight excluding hydrogens is 414 g/mol. The number of nitrogens with zero attached hydrogens (tertiary/aromatic N) is 2. The van der Waals surface area contributed by atoms with E-state index in [0.29, 0.717) is 16.4 Å². The van der Waals surface area contributed by atoms with Crippen LogP contribution >= 0.6 is 11.6 Å². The zero-order valence-corrected chi connectivity index (χ0v) is 17.5. The average Bonchev–Trinajstić information content (AvgIpc) is 3.23. The van der Waals surface area contributed by atoms with Gasteiger partial charge in [0.05, 0.1) is 23.2 Å². The molecule has 4 N–H and O–H groups in total. The highest BCUT2D eigenvalue weighted by molar-refractivity contribution is 6.33. The lowest BCUT2D eigenvalue weighted by Gasteiger charge is -2.29. The second kappa shape index (κ2) is 8.19. The topological polar surface area (TPSA) is 97.0 Å². The number of aliphatic hydroxyl groups is 1. The number of pyridine rings is 1. The number of rotatable bonds is 4. The summed E-state index contributed by atoms with van der Waals surface area (Å²) < 4.78 is 0. The molecule has 2 aromatic heterocycles. The molecule has 5 rings (SSSR count). The Labute approximate surface area is 183 Å². The van der Waals surface area contributed by atoms with E-state index in [0.717, 1.165) is 59.6 Å². The molecule has 8 heteroatoms. The number of halogens is 1. The summed E-state index contributed by atoms with van der Waals surface area (Å²) in [5, 5.41) is 13.4. The maximum atomic E-state index is 12.6. The number of H-pyrrole nitrogens is 2. The quantitative estimate of drug-likeness (QED) is 0.395. The molecule has 0 radical (unpaired) electrons. The molecule has 1 saturated heterocycles. The third-order valence-electron chi connectivity index (χ3n) is 5.63. The molecule has 0 bridgehead atoms. The van der Waals surface area contributed by atoms with Crippen molar-refractivity contribution in [2.45, 2.75) is 6.61 Å². The predicted octanol–water partition coefficient (Wildman–Crippen LogP) is 3.14. The smallest absolute Gasteiger partial charge is 0.259 e. The summed E-state index contributed by atoms with van der Waals surface area (Å²) in [6.07, 6.45) is 1.62. The monoisotopic (exact) mass is 435 g/mol. The van der Waals surface area contributed by atoms with Crippen LogP contribution in [0.4, 0.5) is 5.69 Å². The van der Waals surface area contributed by atoms with E-state index >= 15 is 0 Å². The molecule has 1 aliphatic rings. The third kappa shape index (κ3) is 3.83. The number of piperazine rings is 1. The Morgan fingerprint density at radius 2 is 1.90 bits per heavy atom. The molecule has 1 fully saturated rings. The van der Waals surface area contributed by atoms with Crippen molar-refractivity contribution in [1.29, 1.82) is 0 Å². The minimum atomic E-state index is -0.237. The van der Waals surface area contributed by atoms with E-state index in [2.05, 4.69) is 37.3 Å². The number of aromatic nitrogens is 3. The molecule has 0 unspecified atom stereocenters. The van der Waals surface area contributed by atoms with Crippen LogP contribution in [0.15, 0.2) is 53.5 Å². The van der Waals surface area contributed by atoms with Gasteiger partial charge in [-0.3, -0.25) is 4.79 Å². The number of imidazole rings is 1. The molecule has 0 amide bonds. The zero-order chi connectivity index (χ0) is 21.4. The Kier molecular flexibility index (Phi) is 5.23. The van der Waals surface area contributed by atoms with E-state index in [9.17, 15) is 9.90 Å². The number of fused-ring (bicyclic) bond motifs is 1. The van der Waals surface area contributed by atoms with E-state index in [1.54, 1.807) is 24.4 Å². The van der Waals surface area contributed by atoms with Crippen LogP contribution in [-0.2, 0) is 6.61 Å². The largest absolute Gasteiger partial charge is 0.392 e. The van der Waals surface area contributed by atoms with Crippen molar-refractivity contribution in [3.63, 3.8) is 0 Å². The van der Waals surface area contributed by atoms with Crippen LogP contribution in [-0.4, -0.2) is 46.2 Å². The molecule has 1 aliphatic heterocycles. The van der Waals surface area contributed by atoms with Gasteiger partial charge in [0.1, 0.15) is 5.82 Å². The highest BCUT2D eigenvalue weighted by Gasteiger charge is 2.15. The van der Waals surface area contributed by atoms with Gasteiger partial charge in [-0.05, 0) is 42.0 Å². The predicted molar refractivity (Wildman–Crippen MR) is 124 cm³/mol. The summed E-state index contributed by atoms with van der Waals surface area (Å²) in [7, 11) is 0. The first-order chi connectivity index (χ1) is 15.1. The van der Waals surface area contributed by atoms with Crippen LogP contribution < -0.4 is 15.8 Å². The van der Waals surface area contributed by atoms with Crippen LogP contribution in [0, 0.1) is 0 Å². The zero-order valence-electron chi connectivity index (χ0n) is 16.8. The van der Waals surface area contributed by atoms with Gasteiger partial charge >= 0.3 is 0 Å². The Bertz CT molecular complexity index is 1310. The maximum absolute atomic E-state index is 12.6. The van der Waals surface area contributed by atoms with Crippen LogP contribution in [0.3, 0.4) is 0 Å². The van der Waals surface area contributed by atoms with Gasteiger partial charge in [-0.15, -0.1) is 0 Å². The molecule has 3 heterocycles. The molecule has 0 atom stereocenters. The Balaban J connectivity index is 1.55. The van der Waals surface area contributed by atoms with Crippen LogP contribution in [0.2, 0.25) is 5.02 Å². The summed E-state index contributed by atoms with van der Waals surface area (Å²) in [5.74, 6) is 0.505. The lowest BCUT2D eigenvalue weighted by Crippen LogP contribution is -2.43. The molecule has 2 aromatic carbocycles. The number of benzene rings is 2. The van der Waals surface area contributed by atoms with Crippen molar-refractivity contribution < 1.29 is 5.11 Å². The van der Waals surface area contributed by atoms with E-state index < -0.39 is 0 Å². The summed E-state index contributed by atoms with van der Waals surface area (Å²) in [5.41, 5.74) is 5.26. The lowest BCUT2D eigenvalue weighted by molar-refractivity contribution is 0.282. The highest BCUT2D eigenvalue weighted by Crippen LogP contribution is 2.30. The van der Waals surface area contributed by atoms with Gasteiger partial charge in [0, 0.05) is 54.2 Å². The van der Waals surface area contributed by atoms with E-state index in [1.165, 1.54) is 0 Å². The van der Waals surface area contributed by atoms with Gasteiger partial charge in [0.25, 0.3) is 5.56 Å². The van der Waals surface area contributed by atoms with E-state index in [4.69, 9.17) is 11.6 Å². The Morgan fingerprint density at radius 1 is 1.06 bits per heavy atom. The standard InChI is InChI=1S/C23H22ClN5O2/c24-19-3-1-14(13-30)9-17(19)15-10-18(23(31)26-12-15)22-27-20-4-2-16(11-21(20)28-22)29-7-5-25-6-8-29/h1-4,9-12,25,30H,5-8,13H2,(H,26,31)(H,27,28). The SMILES string of the molecule is O=c1[nH]cc(-c2cc(CO)ccc2Cl)cc1-c1nc2ccc(N3CCNCC3)cc2[nH]1. The molecular formula is C23H22ClN5O2. The minimum absolute atomic E-state index is 0.0840. The van der Waals surface area contributed by atoms with Gasteiger partial charge in [0.15, 0.2) is 0 Å². The van der Waals surface area contributed by atoms with Crippen LogP contribution in [0.1, 0.15) is 5.56 Å². The van der Waals surface area contributed by atoms with Gasteiger partial charge in [-0.2, -0.15) is 0 Å². The van der Waals surface area contributed by atoms with Crippen molar-refractivity contribution in [3.8, 4) is 22.5 Å². The first-order valence-electron chi connectivity index (χ1n) is 10.2. The summed E-state index contributed by atoms with van der Waals surface area (Å²) >= 11 is 6.38. The molecule has 0 aliphatic carbocycles. The summed E-state index contributed by atoms with van der Waals surface area (Å²) in [4.78, 5) is 25.7. The average molecular weight is 436 g/mol. The number of nitrogens with one attached hydrogen (secondary N) is 3. The van der Waals surface area contributed by atoms with Crippen molar-refractivity contribution in [3.05, 3.63) is 69.6 Å². The molecule has 0 saturated carbocycles. The second-order valence-corrected chi connectivity index (χ2v) is 8.03. The maximum Gasteiger partial charge on any atom is 0.259 e. The fraction of sp³-hybridized carbons (Fsp3) is 0.217. The molecule has 4 aromatic rings. The lowest BCUT2D eigenvalue weighted by atomic mass is 10.0. The van der Waals surface area contributed by atoms with Gasteiger partial charge < -0.3 is 25.3 Å².